The second-order valence-corrected chi connectivity index (χ2v) is 5.29. The molecule has 0 aliphatic carbocycles. The van der Waals surface area contributed by atoms with Crippen molar-refractivity contribution in [3.8, 4) is 17.3 Å². The second kappa shape index (κ2) is 4.89. The fourth-order valence-electron chi connectivity index (χ4n) is 2.69. The molecule has 116 valence electrons. The molecular formula is C16H10N6O2. The van der Waals surface area contributed by atoms with Crippen LogP contribution in [0.1, 0.15) is 11.3 Å². The highest BCUT2D eigenvalue weighted by Crippen LogP contribution is 2.17. The maximum absolute atomic E-state index is 12.7. The number of hydrogen-bond donors (Lipinski definition) is 2. The molecule has 8 heteroatoms. The van der Waals surface area contributed by atoms with Crippen molar-refractivity contribution in [2.45, 2.75) is 6.92 Å². The minimum absolute atomic E-state index is 0.0170. The van der Waals surface area contributed by atoms with E-state index < -0.39 is 11.1 Å². The number of H-pyrrole nitrogens is 2. The van der Waals surface area contributed by atoms with Crippen molar-refractivity contribution in [2.24, 2.45) is 0 Å². The van der Waals surface area contributed by atoms with Crippen molar-refractivity contribution in [1.82, 2.24) is 24.6 Å². The normalized spacial score (nSPS) is 11.0. The third-order valence-electron chi connectivity index (χ3n) is 3.81. The number of para-hydroxylation sites is 2. The Hall–Kier alpha value is -3.73. The molecule has 2 N–H and O–H groups in total. The van der Waals surface area contributed by atoms with Crippen molar-refractivity contribution >= 4 is 16.7 Å². The van der Waals surface area contributed by atoms with Crippen LogP contribution in [0.15, 0.2) is 40.1 Å². The molecule has 3 aromatic heterocycles. The highest BCUT2D eigenvalue weighted by atomic mass is 16.1. The van der Waals surface area contributed by atoms with Crippen LogP contribution in [0.5, 0.6) is 0 Å². The smallest absolute Gasteiger partial charge is 0.284 e. The average Bonchev–Trinajstić information content (AvgIpc) is 2.98. The van der Waals surface area contributed by atoms with Crippen molar-refractivity contribution in [2.75, 3.05) is 0 Å². The second-order valence-electron chi connectivity index (χ2n) is 5.29. The number of rotatable bonds is 1. The number of benzene rings is 1. The molecule has 0 amide bonds. The van der Waals surface area contributed by atoms with E-state index in [9.17, 15) is 9.59 Å². The number of nitrogens with zero attached hydrogens (tertiary/aromatic N) is 4. The van der Waals surface area contributed by atoms with E-state index in [1.807, 2.05) is 6.07 Å². The summed E-state index contributed by atoms with van der Waals surface area (Å²) in [6.45, 7) is 1.65. The quantitative estimate of drug-likeness (QED) is 0.544. The Bertz CT molecular complexity index is 1270. The molecule has 0 atom stereocenters. The number of aromatic nitrogens is 5. The molecule has 0 aliphatic rings. The van der Waals surface area contributed by atoms with Gasteiger partial charge in [-0.1, -0.05) is 12.1 Å². The SMILES string of the molecule is Cc1[nH]c2c(C#N)cnn2c(=O)c1-c1nc2ccccc2[nH]c1=O. The molecule has 0 radical (unpaired) electrons. The molecular weight excluding hydrogens is 308 g/mol. The number of fused-ring (bicyclic) bond motifs is 2. The summed E-state index contributed by atoms with van der Waals surface area (Å²) in [5, 5.41) is 13.0. The molecule has 24 heavy (non-hydrogen) atoms. The summed E-state index contributed by atoms with van der Waals surface area (Å²) < 4.78 is 1.07. The molecule has 1 aromatic carbocycles. The van der Waals surface area contributed by atoms with Gasteiger partial charge in [0.2, 0.25) is 0 Å². The Morgan fingerprint density at radius 1 is 1.21 bits per heavy atom. The number of nitrogens with one attached hydrogen (secondary N) is 2. The minimum atomic E-state index is -0.504. The van der Waals surface area contributed by atoms with Gasteiger partial charge in [0.15, 0.2) is 5.65 Å². The number of hydrogen-bond acceptors (Lipinski definition) is 5. The monoisotopic (exact) mass is 318 g/mol. The Kier molecular flexibility index (Phi) is 2.83. The summed E-state index contributed by atoms with van der Waals surface area (Å²) in [5.74, 6) is 0. The van der Waals surface area contributed by atoms with Crippen LogP contribution in [-0.2, 0) is 0 Å². The van der Waals surface area contributed by atoms with E-state index in [1.165, 1.54) is 6.20 Å². The van der Waals surface area contributed by atoms with Gasteiger partial charge < -0.3 is 9.97 Å². The fourth-order valence-corrected chi connectivity index (χ4v) is 2.69. The van der Waals surface area contributed by atoms with E-state index in [-0.39, 0.29) is 16.8 Å². The van der Waals surface area contributed by atoms with Crippen LogP contribution < -0.4 is 11.1 Å². The summed E-state index contributed by atoms with van der Waals surface area (Å²) >= 11 is 0. The molecule has 0 fully saturated rings. The first-order valence-electron chi connectivity index (χ1n) is 7.10. The summed E-state index contributed by atoms with van der Waals surface area (Å²) in [7, 11) is 0. The molecule has 4 aromatic rings. The van der Waals surface area contributed by atoms with Crippen LogP contribution in [0.4, 0.5) is 0 Å². The van der Waals surface area contributed by atoms with E-state index in [4.69, 9.17) is 5.26 Å². The van der Waals surface area contributed by atoms with Crippen LogP contribution >= 0.6 is 0 Å². The van der Waals surface area contributed by atoms with Gasteiger partial charge in [-0.15, -0.1) is 0 Å². The minimum Gasteiger partial charge on any atom is -0.342 e. The van der Waals surface area contributed by atoms with Gasteiger partial charge in [0, 0.05) is 5.69 Å². The van der Waals surface area contributed by atoms with Crippen molar-refractivity contribution in [3.05, 3.63) is 62.4 Å². The van der Waals surface area contributed by atoms with E-state index in [2.05, 4.69) is 20.1 Å². The summed E-state index contributed by atoms with van der Waals surface area (Å²) in [5.41, 5.74) is 1.33. The fraction of sp³-hybridized carbons (Fsp3) is 0.0625. The molecule has 0 unspecified atom stereocenters. The first kappa shape index (κ1) is 13.9. The van der Waals surface area contributed by atoms with Crippen LogP contribution in [0.3, 0.4) is 0 Å². The first-order valence-corrected chi connectivity index (χ1v) is 7.10. The van der Waals surface area contributed by atoms with E-state index >= 15 is 0 Å². The standard InChI is InChI=1S/C16H10N6O2/c1-8-12(16(24)22-14(19-8)9(6-17)7-18-22)13-15(23)21-11-5-3-2-4-10(11)20-13/h2-5,7,19H,1H3,(H,21,23). The van der Waals surface area contributed by atoms with Gasteiger partial charge in [-0.25, -0.2) is 4.98 Å². The third-order valence-corrected chi connectivity index (χ3v) is 3.81. The Morgan fingerprint density at radius 2 is 2.00 bits per heavy atom. The van der Waals surface area contributed by atoms with E-state index in [0.717, 1.165) is 4.52 Å². The zero-order valence-electron chi connectivity index (χ0n) is 12.5. The molecule has 0 aliphatic heterocycles. The van der Waals surface area contributed by atoms with Crippen molar-refractivity contribution in [1.29, 1.82) is 5.26 Å². The highest BCUT2D eigenvalue weighted by molar-refractivity contribution is 5.77. The van der Waals surface area contributed by atoms with Crippen LogP contribution in [0.25, 0.3) is 27.9 Å². The van der Waals surface area contributed by atoms with Gasteiger partial charge in [0.05, 0.1) is 22.8 Å². The Morgan fingerprint density at radius 3 is 2.79 bits per heavy atom. The molecule has 3 heterocycles. The highest BCUT2D eigenvalue weighted by Gasteiger charge is 2.18. The largest absolute Gasteiger partial charge is 0.342 e. The molecule has 0 bridgehead atoms. The van der Waals surface area contributed by atoms with Gasteiger partial charge in [0.25, 0.3) is 11.1 Å². The van der Waals surface area contributed by atoms with E-state index in [0.29, 0.717) is 22.4 Å². The lowest BCUT2D eigenvalue weighted by molar-refractivity contribution is 0.890. The van der Waals surface area contributed by atoms with Crippen LogP contribution in [0.2, 0.25) is 0 Å². The molecule has 0 saturated heterocycles. The van der Waals surface area contributed by atoms with E-state index in [1.54, 1.807) is 31.2 Å². The van der Waals surface area contributed by atoms with Crippen LogP contribution in [0, 0.1) is 18.3 Å². The predicted molar refractivity (Wildman–Crippen MR) is 86.6 cm³/mol. The van der Waals surface area contributed by atoms with Crippen molar-refractivity contribution in [3.63, 3.8) is 0 Å². The van der Waals surface area contributed by atoms with Gasteiger partial charge in [-0.05, 0) is 19.1 Å². The summed E-state index contributed by atoms with van der Waals surface area (Å²) in [6, 6.07) is 9.03. The lowest BCUT2D eigenvalue weighted by Gasteiger charge is -2.06. The molecule has 0 spiro atoms. The number of aryl methyl sites for hydroxylation is 1. The van der Waals surface area contributed by atoms with Gasteiger partial charge in [-0.2, -0.15) is 14.9 Å². The average molecular weight is 318 g/mol. The zero-order chi connectivity index (χ0) is 16.8. The van der Waals surface area contributed by atoms with Gasteiger partial charge in [-0.3, -0.25) is 9.59 Å². The lowest BCUT2D eigenvalue weighted by Crippen LogP contribution is -2.24. The van der Waals surface area contributed by atoms with Gasteiger partial charge >= 0.3 is 0 Å². The predicted octanol–water partition coefficient (Wildman–Crippen LogP) is 1.11. The Balaban J connectivity index is 2.11. The topological polar surface area (TPSA) is 120 Å². The molecule has 0 saturated carbocycles. The maximum atomic E-state index is 12.7. The maximum Gasteiger partial charge on any atom is 0.284 e. The summed E-state index contributed by atoms with van der Waals surface area (Å²) in [4.78, 5) is 35.1. The third kappa shape index (κ3) is 1.85. The number of nitriles is 1. The zero-order valence-corrected chi connectivity index (χ0v) is 12.5. The van der Waals surface area contributed by atoms with Crippen LogP contribution in [-0.4, -0.2) is 24.6 Å². The van der Waals surface area contributed by atoms with Crippen molar-refractivity contribution < 1.29 is 0 Å². The molecule has 8 nitrogen and oxygen atoms in total. The number of aromatic amines is 2. The first-order chi connectivity index (χ1) is 11.6. The lowest BCUT2D eigenvalue weighted by atomic mass is 10.1. The molecule has 4 rings (SSSR count). The van der Waals surface area contributed by atoms with Gasteiger partial charge in [0.1, 0.15) is 17.3 Å². The summed E-state index contributed by atoms with van der Waals surface area (Å²) in [6.07, 6.45) is 1.30. The Labute approximate surface area is 134 Å².